The lowest BCUT2D eigenvalue weighted by molar-refractivity contribution is -0.251. The fraction of sp³-hybridized carbons (Fsp3) is 1.00. The summed E-state index contributed by atoms with van der Waals surface area (Å²) in [6.07, 6.45) is -2.17. The van der Waals surface area contributed by atoms with Crippen LogP contribution < -0.4 is 0 Å². The van der Waals surface area contributed by atoms with Crippen LogP contribution >= 0.6 is 0 Å². The summed E-state index contributed by atoms with van der Waals surface area (Å²) in [5.74, 6) is -1.43. The third kappa shape index (κ3) is 1.25. The quantitative estimate of drug-likeness (QED) is 0.443. The van der Waals surface area contributed by atoms with E-state index in [0.717, 1.165) is 0 Å². The smallest absolute Gasteiger partial charge is 0.220 e. The highest BCUT2D eigenvalue weighted by molar-refractivity contribution is 4.90. The first-order chi connectivity index (χ1) is 5.16. The molecule has 0 aromatic rings. The maximum atomic E-state index is 9.25. The van der Waals surface area contributed by atoms with Gasteiger partial charge in [0.25, 0.3) is 0 Å². The van der Waals surface area contributed by atoms with Gasteiger partial charge in [0.05, 0.1) is 6.61 Å². The van der Waals surface area contributed by atoms with Gasteiger partial charge in [-0.15, -0.1) is 0 Å². The SMILES string of the molecule is CO[C@]1(CO)OC[C@H](O)[C@@H]1O. The summed E-state index contributed by atoms with van der Waals surface area (Å²) >= 11 is 0. The number of aliphatic hydroxyl groups is 3. The van der Waals surface area contributed by atoms with Crippen molar-refractivity contribution >= 4 is 0 Å². The molecular formula is C6H12O5. The lowest BCUT2D eigenvalue weighted by Crippen LogP contribution is -2.47. The third-order valence-corrected chi connectivity index (χ3v) is 1.88. The van der Waals surface area contributed by atoms with Crippen molar-refractivity contribution in [1.29, 1.82) is 0 Å². The van der Waals surface area contributed by atoms with E-state index in [1.54, 1.807) is 0 Å². The Hall–Kier alpha value is -0.200. The van der Waals surface area contributed by atoms with Gasteiger partial charge in [0.15, 0.2) is 0 Å². The monoisotopic (exact) mass is 164 g/mol. The van der Waals surface area contributed by atoms with Crippen LogP contribution in [0.3, 0.4) is 0 Å². The molecule has 0 aromatic carbocycles. The zero-order valence-corrected chi connectivity index (χ0v) is 6.23. The summed E-state index contributed by atoms with van der Waals surface area (Å²) in [7, 11) is 1.30. The topological polar surface area (TPSA) is 79.2 Å². The number of hydrogen-bond donors (Lipinski definition) is 3. The minimum atomic E-state index is -1.43. The van der Waals surface area contributed by atoms with E-state index in [1.807, 2.05) is 0 Å². The molecule has 1 rings (SSSR count). The van der Waals surface area contributed by atoms with Gasteiger partial charge >= 0.3 is 0 Å². The number of methoxy groups -OCH3 is 1. The fourth-order valence-corrected chi connectivity index (χ4v) is 1.08. The molecule has 3 N–H and O–H groups in total. The van der Waals surface area contributed by atoms with Crippen molar-refractivity contribution in [2.24, 2.45) is 0 Å². The van der Waals surface area contributed by atoms with E-state index in [9.17, 15) is 5.11 Å². The Morgan fingerprint density at radius 3 is 2.45 bits per heavy atom. The Labute approximate surface area is 64.2 Å². The number of aliphatic hydroxyl groups excluding tert-OH is 3. The molecule has 66 valence electrons. The Morgan fingerprint density at radius 1 is 1.64 bits per heavy atom. The first-order valence-corrected chi connectivity index (χ1v) is 3.32. The van der Waals surface area contributed by atoms with Crippen molar-refractivity contribution in [2.45, 2.75) is 18.0 Å². The molecule has 11 heavy (non-hydrogen) atoms. The Balaban J connectivity index is 2.69. The van der Waals surface area contributed by atoms with Crippen molar-refractivity contribution in [3.8, 4) is 0 Å². The third-order valence-electron chi connectivity index (χ3n) is 1.88. The summed E-state index contributed by atoms with van der Waals surface area (Å²) in [4.78, 5) is 0. The molecule has 1 saturated heterocycles. The minimum Gasteiger partial charge on any atom is -0.391 e. The second-order valence-electron chi connectivity index (χ2n) is 2.50. The molecule has 3 atom stereocenters. The summed E-state index contributed by atoms with van der Waals surface area (Å²) in [6.45, 7) is -0.489. The molecule has 1 heterocycles. The minimum absolute atomic E-state index is 0.0183. The van der Waals surface area contributed by atoms with Gasteiger partial charge in [-0.3, -0.25) is 0 Å². The van der Waals surface area contributed by atoms with E-state index in [2.05, 4.69) is 0 Å². The molecule has 0 aromatic heterocycles. The Morgan fingerprint density at radius 2 is 2.27 bits per heavy atom. The average molecular weight is 164 g/mol. The van der Waals surface area contributed by atoms with Crippen LogP contribution in [0.5, 0.6) is 0 Å². The van der Waals surface area contributed by atoms with E-state index >= 15 is 0 Å². The molecule has 0 aliphatic carbocycles. The highest BCUT2D eigenvalue weighted by Crippen LogP contribution is 2.26. The predicted octanol–water partition coefficient (Wildman–Crippen LogP) is -1.93. The van der Waals surface area contributed by atoms with E-state index < -0.39 is 24.6 Å². The summed E-state index contributed by atoms with van der Waals surface area (Å²) in [5, 5.41) is 27.1. The first-order valence-electron chi connectivity index (χ1n) is 3.32. The van der Waals surface area contributed by atoms with Crippen LogP contribution in [0.15, 0.2) is 0 Å². The Kier molecular flexibility index (Phi) is 2.46. The van der Waals surface area contributed by atoms with Crippen molar-refractivity contribution in [1.82, 2.24) is 0 Å². The van der Waals surface area contributed by atoms with Crippen LogP contribution in [0.25, 0.3) is 0 Å². The molecule has 5 heteroatoms. The summed E-state index contributed by atoms with van der Waals surface area (Å²) < 4.78 is 9.64. The number of rotatable bonds is 2. The number of ether oxygens (including phenoxy) is 2. The maximum Gasteiger partial charge on any atom is 0.220 e. The zero-order valence-electron chi connectivity index (χ0n) is 6.23. The second-order valence-corrected chi connectivity index (χ2v) is 2.50. The average Bonchev–Trinajstić information content (AvgIpc) is 2.32. The van der Waals surface area contributed by atoms with Crippen LogP contribution in [-0.2, 0) is 9.47 Å². The molecule has 1 aliphatic rings. The fourth-order valence-electron chi connectivity index (χ4n) is 1.08. The van der Waals surface area contributed by atoms with Gasteiger partial charge in [-0.2, -0.15) is 0 Å². The molecule has 0 saturated carbocycles. The molecular weight excluding hydrogens is 152 g/mol. The van der Waals surface area contributed by atoms with Crippen molar-refractivity contribution in [3.05, 3.63) is 0 Å². The normalized spacial score (nSPS) is 44.7. The molecule has 0 amide bonds. The summed E-state index contributed by atoms with van der Waals surface area (Å²) in [6, 6.07) is 0. The number of hydrogen-bond acceptors (Lipinski definition) is 5. The highest BCUT2D eigenvalue weighted by atomic mass is 16.7. The molecule has 1 aliphatic heterocycles. The predicted molar refractivity (Wildman–Crippen MR) is 34.8 cm³/mol. The standard InChI is InChI=1S/C6H12O5/c1-10-6(3-7)5(9)4(8)2-11-6/h4-5,7-9H,2-3H2,1H3/t4-,5-,6+/m0/s1. The van der Waals surface area contributed by atoms with Gasteiger partial charge in [0.1, 0.15) is 18.8 Å². The molecule has 0 unspecified atom stereocenters. The van der Waals surface area contributed by atoms with Crippen LogP contribution in [0.1, 0.15) is 0 Å². The van der Waals surface area contributed by atoms with E-state index in [0.29, 0.717) is 0 Å². The van der Waals surface area contributed by atoms with Crippen LogP contribution in [0, 0.1) is 0 Å². The lowest BCUT2D eigenvalue weighted by Gasteiger charge is -2.27. The van der Waals surface area contributed by atoms with Gasteiger partial charge in [-0.1, -0.05) is 0 Å². The van der Waals surface area contributed by atoms with E-state index in [1.165, 1.54) is 7.11 Å². The first kappa shape index (κ1) is 8.89. The van der Waals surface area contributed by atoms with Crippen LogP contribution in [0.4, 0.5) is 0 Å². The molecule has 5 nitrogen and oxygen atoms in total. The maximum absolute atomic E-state index is 9.25. The van der Waals surface area contributed by atoms with Crippen molar-refractivity contribution in [2.75, 3.05) is 20.3 Å². The lowest BCUT2D eigenvalue weighted by atomic mass is 10.1. The molecule has 0 bridgehead atoms. The van der Waals surface area contributed by atoms with Gasteiger partial charge in [0.2, 0.25) is 5.79 Å². The van der Waals surface area contributed by atoms with Gasteiger partial charge in [-0.05, 0) is 0 Å². The highest BCUT2D eigenvalue weighted by Gasteiger charge is 2.49. The van der Waals surface area contributed by atoms with Crippen LogP contribution in [0.2, 0.25) is 0 Å². The largest absolute Gasteiger partial charge is 0.391 e. The van der Waals surface area contributed by atoms with E-state index in [-0.39, 0.29) is 6.61 Å². The van der Waals surface area contributed by atoms with Crippen molar-refractivity contribution in [3.63, 3.8) is 0 Å². The van der Waals surface area contributed by atoms with Crippen molar-refractivity contribution < 1.29 is 24.8 Å². The van der Waals surface area contributed by atoms with Gasteiger partial charge in [0, 0.05) is 7.11 Å². The Bertz CT molecular complexity index is 133. The van der Waals surface area contributed by atoms with Gasteiger partial charge < -0.3 is 24.8 Å². The molecule has 0 spiro atoms. The zero-order chi connectivity index (χ0) is 8.48. The van der Waals surface area contributed by atoms with Gasteiger partial charge in [-0.25, -0.2) is 0 Å². The summed E-state index contributed by atoms with van der Waals surface area (Å²) in [5.41, 5.74) is 0. The van der Waals surface area contributed by atoms with E-state index in [4.69, 9.17) is 19.7 Å². The van der Waals surface area contributed by atoms with Crippen LogP contribution in [-0.4, -0.2) is 53.6 Å². The molecule has 1 fully saturated rings. The molecule has 0 radical (unpaired) electrons. The second kappa shape index (κ2) is 3.04.